The number of ether oxygens (including phenoxy) is 1. The number of hydrogen-bond acceptors (Lipinski definition) is 11. The summed E-state index contributed by atoms with van der Waals surface area (Å²) >= 11 is -1.35. The molecule has 1 aliphatic heterocycles. The van der Waals surface area contributed by atoms with Crippen LogP contribution >= 0.6 is 11.3 Å². The molecule has 1 saturated heterocycles. The Morgan fingerprint density at radius 2 is 1.87 bits per heavy atom. The summed E-state index contributed by atoms with van der Waals surface area (Å²) in [5.74, 6) is -0.298. The number of rotatable bonds is 8. The Bertz CT molecular complexity index is 1600. The lowest BCUT2D eigenvalue weighted by molar-refractivity contribution is 0.0303. The predicted molar refractivity (Wildman–Crippen MR) is 139 cm³/mol. The van der Waals surface area contributed by atoms with Crippen molar-refractivity contribution in [1.29, 1.82) is 0 Å². The molecule has 2 unspecified atom stereocenters. The van der Waals surface area contributed by atoms with E-state index in [1.54, 1.807) is 23.1 Å². The molecule has 15 heteroatoms. The van der Waals surface area contributed by atoms with E-state index in [1.807, 2.05) is 24.3 Å². The van der Waals surface area contributed by atoms with Gasteiger partial charge in [0, 0.05) is 36.2 Å². The maximum absolute atomic E-state index is 12.7. The van der Waals surface area contributed by atoms with Crippen LogP contribution in [0.2, 0.25) is 0 Å². The zero-order chi connectivity index (χ0) is 26.9. The number of sulfone groups is 1. The molecule has 0 saturated carbocycles. The van der Waals surface area contributed by atoms with Crippen molar-refractivity contribution in [2.45, 2.75) is 11.8 Å². The van der Waals surface area contributed by atoms with E-state index in [-0.39, 0.29) is 29.2 Å². The highest BCUT2D eigenvalue weighted by atomic mass is 32.2. The largest absolute Gasteiger partial charge is 0.760 e. The van der Waals surface area contributed by atoms with Crippen LogP contribution in [0.25, 0.3) is 21.3 Å². The smallest absolute Gasteiger partial charge is 0.254 e. The van der Waals surface area contributed by atoms with Gasteiger partial charge in [0.15, 0.2) is 15.1 Å². The minimum atomic E-state index is -3.76. The summed E-state index contributed by atoms with van der Waals surface area (Å²) in [7, 11) is -3.76. The van der Waals surface area contributed by atoms with Gasteiger partial charge in [0.25, 0.3) is 5.91 Å². The maximum atomic E-state index is 12.7. The van der Waals surface area contributed by atoms with Crippen LogP contribution < -0.4 is 4.72 Å². The number of morpholine rings is 1. The molecule has 2 aromatic carbocycles. The van der Waals surface area contributed by atoms with Crippen molar-refractivity contribution in [2.75, 3.05) is 32.6 Å². The number of fused-ring (bicyclic) bond motifs is 1. The Kier molecular flexibility index (Phi) is 7.65. The lowest BCUT2D eigenvalue weighted by Gasteiger charge is -2.26. The Balaban J connectivity index is 1.40. The Morgan fingerprint density at radius 3 is 2.55 bits per heavy atom. The lowest BCUT2D eigenvalue weighted by Crippen LogP contribution is -2.40. The number of nitrogens with one attached hydrogen (secondary N) is 1. The standard InChI is InChI=1S/C23H23N5O7S3/c1-38(32,33)20(21-27-26-19(35-21)13-24-37(30)31)22-25-17-7-6-16(12-18(17)36-22)14-2-4-15(5-3-14)23(29)28-8-10-34-11-9-28/h2-7,12,20,24H,8-11,13H2,1H3,(H,30,31)/p-1. The third kappa shape index (κ3) is 5.82. The van der Waals surface area contributed by atoms with Gasteiger partial charge in [-0.2, -0.15) is 0 Å². The highest BCUT2D eigenvalue weighted by Gasteiger charge is 2.34. The summed E-state index contributed by atoms with van der Waals surface area (Å²) < 4.78 is 60.3. The molecule has 3 heterocycles. The van der Waals surface area contributed by atoms with Gasteiger partial charge in [-0.25, -0.2) is 18.1 Å². The zero-order valence-electron chi connectivity index (χ0n) is 20.0. The molecule has 1 aliphatic rings. The number of benzene rings is 2. The van der Waals surface area contributed by atoms with E-state index in [9.17, 15) is 22.0 Å². The summed E-state index contributed by atoms with van der Waals surface area (Å²) in [5, 5.41) is 6.51. The highest BCUT2D eigenvalue weighted by molar-refractivity contribution is 7.91. The van der Waals surface area contributed by atoms with Gasteiger partial charge in [-0.3, -0.25) is 9.00 Å². The van der Waals surface area contributed by atoms with Crippen molar-refractivity contribution in [3.8, 4) is 11.1 Å². The van der Waals surface area contributed by atoms with Crippen LogP contribution in [0.15, 0.2) is 46.9 Å². The lowest BCUT2D eigenvalue weighted by atomic mass is 10.0. The first kappa shape index (κ1) is 26.5. The average Bonchev–Trinajstić information content (AvgIpc) is 3.53. The summed E-state index contributed by atoms with van der Waals surface area (Å²) in [5.41, 5.74) is 2.98. The second-order valence-electron chi connectivity index (χ2n) is 8.52. The molecule has 2 aromatic heterocycles. The normalized spacial score (nSPS) is 16.0. The van der Waals surface area contributed by atoms with Crippen LogP contribution in [0.4, 0.5) is 0 Å². The summed E-state index contributed by atoms with van der Waals surface area (Å²) in [4.78, 5) is 19.0. The molecule has 4 aromatic rings. The molecule has 200 valence electrons. The second-order valence-corrected chi connectivity index (χ2v) is 12.5. The number of carbonyl (C=O) groups is 1. The molecule has 1 amide bonds. The van der Waals surface area contributed by atoms with Gasteiger partial charge in [0.2, 0.25) is 11.8 Å². The van der Waals surface area contributed by atoms with Gasteiger partial charge in [0.1, 0.15) is 5.01 Å². The van der Waals surface area contributed by atoms with Gasteiger partial charge in [-0.1, -0.05) is 18.2 Å². The van der Waals surface area contributed by atoms with Gasteiger partial charge in [0.05, 0.1) is 30.0 Å². The number of thiazole rings is 1. The molecule has 5 rings (SSSR count). The molecular formula is C23H22N5O7S3-. The molecule has 12 nitrogen and oxygen atoms in total. The van der Waals surface area contributed by atoms with E-state index in [0.717, 1.165) is 22.1 Å². The number of carbonyl (C=O) groups excluding carboxylic acids is 1. The zero-order valence-corrected chi connectivity index (χ0v) is 22.5. The number of nitrogens with zero attached hydrogens (tertiary/aromatic N) is 4. The maximum Gasteiger partial charge on any atom is 0.254 e. The third-order valence-corrected chi connectivity index (χ3v) is 8.76. The van der Waals surface area contributed by atoms with E-state index in [4.69, 9.17) is 9.15 Å². The number of aromatic nitrogens is 3. The van der Waals surface area contributed by atoms with Crippen LogP contribution in [0.3, 0.4) is 0 Å². The average molecular weight is 577 g/mol. The van der Waals surface area contributed by atoms with Crippen LogP contribution in [0, 0.1) is 0 Å². The highest BCUT2D eigenvalue weighted by Crippen LogP contribution is 2.36. The van der Waals surface area contributed by atoms with Crippen LogP contribution in [0.5, 0.6) is 0 Å². The molecule has 0 aliphatic carbocycles. The van der Waals surface area contributed by atoms with Crippen LogP contribution in [0.1, 0.15) is 32.4 Å². The number of hydrogen-bond donors (Lipinski definition) is 1. The summed E-state index contributed by atoms with van der Waals surface area (Å²) in [6.45, 7) is 1.95. The number of amides is 1. The van der Waals surface area contributed by atoms with Gasteiger partial charge in [-0.15, -0.1) is 21.5 Å². The third-order valence-electron chi connectivity index (χ3n) is 5.87. The molecule has 0 spiro atoms. The van der Waals surface area contributed by atoms with Crippen molar-refractivity contribution >= 4 is 48.6 Å². The monoisotopic (exact) mass is 576 g/mol. The van der Waals surface area contributed by atoms with E-state index < -0.39 is 26.4 Å². The Morgan fingerprint density at radius 1 is 1.16 bits per heavy atom. The quantitative estimate of drug-likeness (QED) is 0.306. The topological polar surface area (TPSA) is 168 Å². The Hall–Kier alpha value is -3.08. The van der Waals surface area contributed by atoms with Gasteiger partial charge >= 0.3 is 0 Å². The molecule has 1 fully saturated rings. The second kappa shape index (κ2) is 11.0. The fourth-order valence-electron chi connectivity index (χ4n) is 4.02. The predicted octanol–water partition coefficient (Wildman–Crippen LogP) is 1.84. The minimum Gasteiger partial charge on any atom is -0.760 e. The molecule has 38 heavy (non-hydrogen) atoms. The van der Waals surface area contributed by atoms with E-state index >= 15 is 0 Å². The van der Waals surface area contributed by atoms with E-state index in [2.05, 4.69) is 19.9 Å². The van der Waals surface area contributed by atoms with Crippen molar-refractivity contribution < 1.29 is 31.1 Å². The first-order valence-corrected chi connectivity index (χ1v) is 15.3. The fraction of sp³-hybridized carbons (Fsp3) is 0.304. The van der Waals surface area contributed by atoms with Crippen LogP contribution in [-0.2, 0) is 32.4 Å². The van der Waals surface area contributed by atoms with Crippen molar-refractivity contribution in [3.05, 3.63) is 64.8 Å². The van der Waals surface area contributed by atoms with Crippen LogP contribution in [-0.4, -0.2) is 75.7 Å². The fourth-order valence-corrected chi connectivity index (χ4v) is 6.80. The SMILES string of the molecule is CS(=O)(=O)C(c1nnc(CNS(=O)[O-])o1)c1nc2ccc(-c3ccc(C(=O)N4CCOCC4)cc3)cc2s1. The first-order valence-electron chi connectivity index (χ1n) is 11.4. The molecule has 0 radical (unpaired) electrons. The van der Waals surface area contributed by atoms with Crippen molar-refractivity contribution in [1.82, 2.24) is 24.8 Å². The van der Waals surface area contributed by atoms with Gasteiger partial charge < -0.3 is 18.6 Å². The summed E-state index contributed by atoms with van der Waals surface area (Å²) in [6, 6.07) is 12.9. The molecule has 2 atom stereocenters. The van der Waals surface area contributed by atoms with E-state index in [0.29, 0.717) is 37.4 Å². The Labute approximate surface area is 224 Å². The minimum absolute atomic E-state index is 0.0320. The molecular weight excluding hydrogens is 554 g/mol. The first-order chi connectivity index (χ1) is 18.2. The molecule has 1 N–H and O–H groups in total. The van der Waals surface area contributed by atoms with Gasteiger partial charge in [-0.05, 0) is 35.4 Å². The summed E-state index contributed by atoms with van der Waals surface area (Å²) in [6.07, 6.45) is 1.05. The molecule has 0 bridgehead atoms. The van der Waals surface area contributed by atoms with Crippen molar-refractivity contribution in [3.63, 3.8) is 0 Å². The van der Waals surface area contributed by atoms with Crippen molar-refractivity contribution in [2.24, 2.45) is 0 Å². The van der Waals surface area contributed by atoms with E-state index in [1.165, 1.54) is 11.3 Å².